The summed E-state index contributed by atoms with van der Waals surface area (Å²) in [7, 11) is 0. The Morgan fingerprint density at radius 3 is 2.23 bits per heavy atom. The molecule has 7 nitrogen and oxygen atoms in total. The van der Waals surface area contributed by atoms with Crippen LogP contribution in [0.2, 0.25) is 0 Å². The number of hydrogen-bond acceptors (Lipinski definition) is 3. The van der Waals surface area contributed by atoms with E-state index in [1.165, 1.54) is 30.6 Å². The van der Waals surface area contributed by atoms with Gasteiger partial charge in [0.05, 0.1) is 6.54 Å². The Morgan fingerprint density at radius 2 is 1.54 bits per heavy atom. The first-order valence-corrected chi connectivity index (χ1v) is 10.3. The molecule has 0 bridgehead atoms. The average molecular weight is 362 g/mol. The van der Waals surface area contributed by atoms with Crippen molar-refractivity contribution in [1.82, 2.24) is 20.0 Å². The summed E-state index contributed by atoms with van der Waals surface area (Å²) < 4.78 is 0. The predicted octanol–water partition coefficient (Wildman–Crippen LogP) is 2.31. The van der Waals surface area contributed by atoms with Gasteiger partial charge in [-0.15, -0.1) is 0 Å². The van der Waals surface area contributed by atoms with Crippen molar-refractivity contribution in [1.29, 1.82) is 0 Å². The Morgan fingerprint density at radius 1 is 0.885 bits per heavy atom. The molecule has 1 N–H and O–H groups in total. The zero-order valence-electron chi connectivity index (χ0n) is 15.5. The number of urea groups is 2. The van der Waals surface area contributed by atoms with Gasteiger partial charge in [0.2, 0.25) is 0 Å². The number of imide groups is 1. The van der Waals surface area contributed by atoms with Crippen LogP contribution in [0.15, 0.2) is 0 Å². The molecule has 144 valence electrons. The summed E-state index contributed by atoms with van der Waals surface area (Å²) in [5.74, 6) is -0.0999. The van der Waals surface area contributed by atoms with Gasteiger partial charge in [-0.3, -0.25) is 9.69 Å². The van der Waals surface area contributed by atoms with Crippen LogP contribution in [0.1, 0.15) is 64.2 Å². The van der Waals surface area contributed by atoms with Gasteiger partial charge in [-0.25, -0.2) is 9.59 Å². The highest BCUT2D eigenvalue weighted by Crippen LogP contribution is 2.30. The highest BCUT2D eigenvalue weighted by atomic mass is 16.2. The van der Waals surface area contributed by atoms with Crippen molar-refractivity contribution < 1.29 is 14.4 Å². The number of fused-ring (bicyclic) bond motifs is 1. The largest absolute Gasteiger partial charge is 0.335 e. The normalized spacial score (nSPS) is 28.5. The molecule has 2 heterocycles. The van der Waals surface area contributed by atoms with E-state index in [0.29, 0.717) is 19.6 Å². The first-order valence-electron chi connectivity index (χ1n) is 10.3. The van der Waals surface area contributed by atoms with E-state index >= 15 is 0 Å². The lowest BCUT2D eigenvalue weighted by atomic mass is 9.94. The lowest BCUT2D eigenvalue weighted by molar-refractivity contribution is -0.131. The summed E-state index contributed by atoms with van der Waals surface area (Å²) >= 11 is 0. The van der Waals surface area contributed by atoms with Crippen LogP contribution in [-0.4, -0.2) is 70.4 Å². The van der Waals surface area contributed by atoms with Crippen molar-refractivity contribution in [2.45, 2.75) is 82.3 Å². The Hall–Kier alpha value is -1.79. The van der Waals surface area contributed by atoms with Gasteiger partial charge in [-0.1, -0.05) is 38.5 Å². The van der Waals surface area contributed by atoms with Crippen LogP contribution >= 0.6 is 0 Å². The molecule has 0 spiro atoms. The second kappa shape index (κ2) is 7.45. The molecule has 26 heavy (non-hydrogen) atoms. The van der Waals surface area contributed by atoms with Crippen LogP contribution in [-0.2, 0) is 4.79 Å². The lowest BCUT2D eigenvalue weighted by Crippen LogP contribution is -2.57. The minimum Gasteiger partial charge on any atom is -0.335 e. The molecule has 0 unspecified atom stereocenters. The second-order valence-electron chi connectivity index (χ2n) is 8.22. The number of rotatable bonds is 2. The molecule has 4 aliphatic rings. The van der Waals surface area contributed by atoms with Crippen LogP contribution in [0, 0.1) is 0 Å². The molecular formula is C19H30N4O3. The van der Waals surface area contributed by atoms with Crippen LogP contribution in [0.4, 0.5) is 9.59 Å². The van der Waals surface area contributed by atoms with E-state index in [-0.39, 0.29) is 30.1 Å². The van der Waals surface area contributed by atoms with Crippen molar-refractivity contribution in [2.75, 3.05) is 19.6 Å². The number of carbonyl (C=O) groups is 3. The fourth-order valence-electron chi connectivity index (χ4n) is 4.99. The maximum atomic E-state index is 12.9. The Labute approximate surface area is 155 Å². The summed E-state index contributed by atoms with van der Waals surface area (Å²) in [5.41, 5.74) is 0. The van der Waals surface area contributed by atoms with Gasteiger partial charge < -0.3 is 15.1 Å². The first-order chi connectivity index (χ1) is 12.6. The van der Waals surface area contributed by atoms with Crippen LogP contribution in [0.5, 0.6) is 0 Å². The highest BCUT2D eigenvalue weighted by Gasteiger charge is 2.50. The number of carbonyl (C=O) groups excluding carboxylic acids is 3. The topological polar surface area (TPSA) is 73.0 Å². The monoisotopic (exact) mass is 362 g/mol. The lowest BCUT2D eigenvalue weighted by Gasteiger charge is -2.36. The number of amides is 5. The minimum absolute atomic E-state index is 0.0545. The SMILES string of the molecule is O=C(NC1CCCCC1)N1CCN2C(=O)N(C3CCCCC3)C(=O)[C@H]2C1. The fraction of sp³-hybridized carbons (Fsp3) is 0.842. The Balaban J connectivity index is 1.39. The van der Waals surface area contributed by atoms with E-state index in [2.05, 4.69) is 5.32 Å². The maximum absolute atomic E-state index is 12.9. The maximum Gasteiger partial charge on any atom is 0.327 e. The van der Waals surface area contributed by atoms with E-state index < -0.39 is 6.04 Å². The van der Waals surface area contributed by atoms with Crippen molar-refractivity contribution in [3.8, 4) is 0 Å². The van der Waals surface area contributed by atoms with E-state index in [0.717, 1.165) is 38.5 Å². The summed E-state index contributed by atoms with van der Waals surface area (Å²) in [4.78, 5) is 43.2. The molecule has 0 aromatic carbocycles. The molecule has 7 heteroatoms. The number of hydrogen-bond donors (Lipinski definition) is 1. The molecule has 2 aliphatic carbocycles. The van der Waals surface area contributed by atoms with Crippen LogP contribution in [0.3, 0.4) is 0 Å². The average Bonchev–Trinajstić information content (AvgIpc) is 2.93. The minimum atomic E-state index is -0.490. The first kappa shape index (κ1) is 17.6. The molecule has 2 saturated carbocycles. The fourth-order valence-corrected chi connectivity index (χ4v) is 4.99. The Kier molecular flexibility index (Phi) is 5.05. The van der Waals surface area contributed by atoms with Crippen molar-refractivity contribution in [2.24, 2.45) is 0 Å². The molecule has 0 aromatic rings. The zero-order valence-corrected chi connectivity index (χ0v) is 15.5. The van der Waals surface area contributed by atoms with Gasteiger partial charge >= 0.3 is 12.1 Å². The standard InChI is InChI=1S/C19H30N4O3/c24-17-16-13-21(18(25)20-14-7-3-1-4-8-14)11-12-22(16)19(26)23(17)15-9-5-2-6-10-15/h14-16H,1-13H2,(H,20,25)/t16-/m1/s1. The second-order valence-corrected chi connectivity index (χ2v) is 8.22. The summed E-state index contributed by atoms with van der Waals surface area (Å²) in [5, 5.41) is 3.13. The molecule has 2 aliphatic heterocycles. The number of nitrogens with one attached hydrogen (secondary N) is 1. The summed E-state index contributed by atoms with van der Waals surface area (Å²) in [6, 6.07) is -0.393. The smallest absolute Gasteiger partial charge is 0.327 e. The van der Waals surface area contributed by atoms with Crippen molar-refractivity contribution >= 4 is 18.0 Å². The molecule has 1 atom stereocenters. The van der Waals surface area contributed by atoms with E-state index in [9.17, 15) is 14.4 Å². The summed E-state index contributed by atoms with van der Waals surface area (Å²) in [6.45, 7) is 1.29. The van der Waals surface area contributed by atoms with Gasteiger partial charge in [0.25, 0.3) is 5.91 Å². The molecular weight excluding hydrogens is 332 g/mol. The molecule has 5 amide bonds. The quantitative estimate of drug-likeness (QED) is 0.766. The van der Waals surface area contributed by atoms with Gasteiger partial charge in [-0.2, -0.15) is 0 Å². The molecule has 0 radical (unpaired) electrons. The van der Waals surface area contributed by atoms with E-state index in [1.54, 1.807) is 9.80 Å². The van der Waals surface area contributed by atoms with E-state index in [4.69, 9.17) is 0 Å². The van der Waals surface area contributed by atoms with Crippen LogP contribution in [0.25, 0.3) is 0 Å². The summed E-state index contributed by atoms with van der Waals surface area (Å²) in [6.07, 6.45) is 10.9. The number of nitrogens with zero attached hydrogens (tertiary/aromatic N) is 3. The molecule has 2 saturated heterocycles. The van der Waals surface area contributed by atoms with Gasteiger partial charge in [-0.05, 0) is 25.7 Å². The third kappa shape index (κ3) is 3.28. The van der Waals surface area contributed by atoms with Gasteiger partial charge in [0.1, 0.15) is 6.04 Å². The number of piperazine rings is 1. The molecule has 4 rings (SSSR count). The predicted molar refractivity (Wildman–Crippen MR) is 96.6 cm³/mol. The van der Waals surface area contributed by atoms with Crippen LogP contribution < -0.4 is 5.32 Å². The van der Waals surface area contributed by atoms with E-state index in [1.807, 2.05) is 0 Å². The van der Waals surface area contributed by atoms with Crippen molar-refractivity contribution in [3.63, 3.8) is 0 Å². The molecule has 0 aromatic heterocycles. The van der Waals surface area contributed by atoms with Gasteiger partial charge in [0.15, 0.2) is 0 Å². The van der Waals surface area contributed by atoms with Gasteiger partial charge in [0, 0.05) is 25.2 Å². The molecule has 4 fully saturated rings. The Bertz CT molecular complexity index is 569. The third-order valence-corrected chi connectivity index (χ3v) is 6.51. The highest BCUT2D eigenvalue weighted by molar-refractivity contribution is 6.05. The zero-order chi connectivity index (χ0) is 18.1. The van der Waals surface area contributed by atoms with Crippen molar-refractivity contribution in [3.05, 3.63) is 0 Å². The third-order valence-electron chi connectivity index (χ3n) is 6.51.